The summed E-state index contributed by atoms with van der Waals surface area (Å²) in [5.41, 5.74) is 0. The number of aliphatic hydroxyl groups is 1. The van der Waals surface area contributed by atoms with Crippen LogP contribution in [0.3, 0.4) is 0 Å². The number of carbonyl (C=O) groups is 1. The first-order valence-electron chi connectivity index (χ1n) is 4.60. The minimum absolute atomic E-state index is 0.0984. The molecular formula is C9H12O3. The molecule has 4 bridgehead atoms. The topological polar surface area (TPSA) is 46.5 Å². The second-order valence-electron chi connectivity index (χ2n) is 4.36. The molecule has 2 unspecified atom stereocenters. The van der Waals surface area contributed by atoms with Crippen LogP contribution < -0.4 is 0 Å². The van der Waals surface area contributed by atoms with Gasteiger partial charge in [0.05, 0.1) is 6.10 Å². The summed E-state index contributed by atoms with van der Waals surface area (Å²) in [6.45, 7) is 0. The minimum atomic E-state index is -0.940. The quantitative estimate of drug-likeness (QED) is 0.571. The van der Waals surface area contributed by atoms with E-state index in [-0.39, 0.29) is 17.9 Å². The zero-order valence-electron chi connectivity index (χ0n) is 6.82. The molecule has 4 fully saturated rings. The van der Waals surface area contributed by atoms with Crippen molar-refractivity contribution in [3.63, 3.8) is 0 Å². The standard InChI is InChI=1S/C9H12O3/c10-8-5-1-7-2-6(8)4-9(11,3-5)12-7/h5-7,11H,1-4H2. The van der Waals surface area contributed by atoms with E-state index in [4.69, 9.17) is 4.74 Å². The summed E-state index contributed by atoms with van der Waals surface area (Å²) in [5.74, 6) is -0.369. The number of ether oxygens (including phenoxy) is 1. The first-order chi connectivity index (χ1) is 5.66. The summed E-state index contributed by atoms with van der Waals surface area (Å²) in [6, 6.07) is 0. The van der Waals surface area contributed by atoms with Crippen molar-refractivity contribution in [2.75, 3.05) is 0 Å². The van der Waals surface area contributed by atoms with Crippen LogP contribution >= 0.6 is 0 Å². The summed E-state index contributed by atoms with van der Waals surface area (Å²) < 4.78 is 5.46. The van der Waals surface area contributed by atoms with E-state index in [1.165, 1.54) is 0 Å². The van der Waals surface area contributed by atoms with Crippen LogP contribution in [-0.4, -0.2) is 22.8 Å². The molecule has 12 heavy (non-hydrogen) atoms. The van der Waals surface area contributed by atoms with E-state index in [0.717, 1.165) is 12.8 Å². The fourth-order valence-corrected chi connectivity index (χ4v) is 3.02. The van der Waals surface area contributed by atoms with E-state index >= 15 is 0 Å². The summed E-state index contributed by atoms with van der Waals surface area (Å²) in [5, 5.41) is 9.85. The van der Waals surface area contributed by atoms with Gasteiger partial charge in [0.25, 0.3) is 0 Å². The van der Waals surface area contributed by atoms with Gasteiger partial charge < -0.3 is 9.84 Å². The maximum atomic E-state index is 11.5. The lowest BCUT2D eigenvalue weighted by atomic mass is 9.65. The highest BCUT2D eigenvalue weighted by molar-refractivity contribution is 5.85. The van der Waals surface area contributed by atoms with Crippen LogP contribution in [0, 0.1) is 11.8 Å². The van der Waals surface area contributed by atoms with Crippen LogP contribution in [0.2, 0.25) is 0 Å². The third-order valence-corrected chi connectivity index (χ3v) is 3.42. The van der Waals surface area contributed by atoms with Crippen molar-refractivity contribution >= 4 is 5.78 Å². The molecule has 66 valence electrons. The number of carbonyl (C=O) groups excluding carboxylic acids is 1. The zero-order valence-corrected chi connectivity index (χ0v) is 6.82. The van der Waals surface area contributed by atoms with Crippen molar-refractivity contribution in [2.45, 2.75) is 37.6 Å². The Morgan fingerprint density at radius 2 is 1.92 bits per heavy atom. The Bertz CT molecular complexity index is 230. The molecule has 3 heteroatoms. The molecule has 1 N–H and O–H groups in total. The van der Waals surface area contributed by atoms with Crippen molar-refractivity contribution in [3.05, 3.63) is 0 Å². The molecule has 3 nitrogen and oxygen atoms in total. The molecule has 2 aliphatic heterocycles. The SMILES string of the molecule is O=C1C2CC3CC1CC(O)(C2)O3. The Morgan fingerprint density at radius 3 is 2.42 bits per heavy atom. The number of hydrogen-bond acceptors (Lipinski definition) is 3. The van der Waals surface area contributed by atoms with Gasteiger partial charge in [0, 0.05) is 24.7 Å². The average molecular weight is 168 g/mol. The normalized spacial score (nSPS) is 56.4. The molecule has 0 aromatic heterocycles. The molecule has 4 rings (SSSR count). The number of Topliss-reactive ketones (excluding diaryl/α,β-unsaturated/α-hetero) is 1. The van der Waals surface area contributed by atoms with Crippen molar-refractivity contribution < 1.29 is 14.6 Å². The highest BCUT2D eigenvalue weighted by Gasteiger charge is 2.55. The first kappa shape index (κ1) is 7.04. The van der Waals surface area contributed by atoms with Gasteiger partial charge in [-0.25, -0.2) is 0 Å². The lowest BCUT2D eigenvalue weighted by molar-refractivity contribution is -0.305. The number of rotatable bonds is 0. The third kappa shape index (κ3) is 0.756. The maximum Gasteiger partial charge on any atom is 0.167 e. The second-order valence-corrected chi connectivity index (χ2v) is 4.36. The van der Waals surface area contributed by atoms with E-state index < -0.39 is 5.79 Å². The van der Waals surface area contributed by atoms with Gasteiger partial charge in [-0.2, -0.15) is 0 Å². The van der Waals surface area contributed by atoms with Crippen LogP contribution in [0.15, 0.2) is 0 Å². The van der Waals surface area contributed by atoms with Gasteiger partial charge in [-0.15, -0.1) is 0 Å². The van der Waals surface area contributed by atoms with Gasteiger partial charge in [0.1, 0.15) is 5.78 Å². The number of ketones is 1. The molecule has 0 spiro atoms. The largest absolute Gasteiger partial charge is 0.365 e. The third-order valence-electron chi connectivity index (χ3n) is 3.42. The molecular weight excluding hydrogens is 156 g/mol. The molecule has 0 amide bonds. The Hall–Kier alpha value is -0.410. The first-order valence-corrected chi connectivity index (χ1v) is 4.60. The summed E-state index contributed by atoms with van der Waals surface area (Å²) in [7, 11) is 0. The Labute approximate surface area is 70.7 Å². The highest BCUT2D eigenvalue weighted by atomic mass is 16.6. The van der Waals surface area contributed by atoms with Gasteiger partial charge in [-0.3, -0.25) is 4.79 Å². The van der Waals surface area contributed by atoms with Crippen molar-refractivity contribution in [2.24, 2.45) is 11.8 Å². The molecule has 2 saturated heterocycles. The molecule has 2 saturated carbocycles. The molecule has 4 aliphatic rings. The molecule has 2 heterocycles. The number of hydrogen-bond donors (Lipinski definition) is 1. The predicted octanol–water partition coefficient (Wildman–Crippen LogP) is 0.463. The molecule has 2 atom stereocenters. The van der Waals surface area contributed by atoms with Gasteiger partial charge in [0.2, 0.25) is 0 Å². The predicted molar refractivity (Wildman–Crippen MR) is 40.3 cm³/mol. The van der Waals surface area contributed by atoms with Crippen molar-refractivity contribution in [3.8, 4) is 0 Å². The van der Waals surface area contributed by atoms with Crippen molar-refractivity contribution in [1.82, 2.24) is 0 Å². The summed E-state index contributed by atoms with van der Waals surface area (Å²) in [4.78, 5) is 11.5. The van der Waals surface area contributed by atoms with Gasteiger partial charge in [-0.1, -0.05) is 0 Å². The van der Waals surface area contributed by atoms with Gasteiger partial charge in [-0.05, 0) is 12.8 Å². The van der Waals surface area contributed by atoms with Crippen LogP contribution in [0.5, 0.6) is 0 Å². The van der Waals surface area contributed by atoms with Crippen LogP contribution in [0.4, 0.5) is 0 Å². The van der Waals surface area contributed by atoms with E-state index in [2.05, 4.69) is 0 Å². The molecule has 0 aromatic carbocycles. The Balaban J connectivity index is 2.00. The molecule has 2 aliphatic carbocycles. The van der Waals surface area contributed by atoms with E-state index in [9.17, 15) is 9.90 Å². The van der Waals surface area contributed by atoms with Crippen LogP contribution in [-0.2, 0) is 9.53 Å². The second kappa shape index (κ2) is 1.91. The fourth-order valence-electron chi connectivity index (χ4n) is 3.02. The lowest BCUT2D eigenvalue weighted by Crippen LogP contribution is -2.58. The summed E-state index contributed by atoms with van der Waals surface area (Å²) >= 11 is 0. The smallest absolute Gasteiger partial charge is 0.167 e. The summed E-state index contributed by atoms with van der Waals surface area (Å²) in [6.07, 6.45) is 2.93. The Kier molecular flexibility index (Phi) is 1.12. The van der Waals surface area contributed by atoms with E-state index in [1.807, 2.05) is 0 Å². The monoisotopic (exact) mass is 168 g/mol. The molecule has 0 radical (unpaired) electrons. The average Bonchev–Trinajstić information content (AvgIpc) is 1.96. The van der Waals surface area contributed by atoms with Crippen LogP contribution in [0.1, 0.15) is 25.7 Å². The van der Waals surface area contributed by atoms with Crippen molar-refractivity contribution in [1.29, 1.82) is 0 Å². The maximum absolute atomic E-state index is 11.5. The molecule has 0 aromatic rings. The van der Waals surface area contributed by atoms with Gasteiger partial charge in [0.15, 0.2) is 5.79 Å². The minimum Gasteiger partial charge on any atom is -0.365 e. The highest BCUT2D eigenvalue weighted by Crippen LogP contribution is 2.49. The Morgan fingerprint density at radius 1 is 1.33 bits per heavy atom. The van der Waals surface area contributed by atoms with Crippen LogP contribution in [0.25, 0.3) is 0 Å². The van der Waals surface area contributed by atoms with Gasteiger partial charge >= 0.3 is 0 Å². The fraction of sp³-hybridized carbons (Fsp3) is 0.889. The van der Waals surface area contributed by atoms with E-state index in [0.29, 0.717) is 18.6 Å². The zero-order chi connectivity index (χ0) is 8.34. The lowest BCUT2D eigenvalue weighted by Gasteiger charge is -2.52. The van der Waals surface area contributed by atoms with E-state index in [1.54, 1.807) is 0 Å².